The number of benzene rings is 2. The summed E-state index contributed by atoms with van der Waals surface area (Å²) < 4.78 is 27.0. The van der Waals surface area contributed by atoms with Gasteiger partial charge in [0.15, 0.2) is 0 Å². The molecule has 154 valence electrons. The lowest BCUT2D eigenvalue weighted by atomic mass is 10.1. The van der Waals surface area contributed by atoms with E-state index in [-0.39, 0.29) is 23.2 Å². The van der Waals surface area contributed by atoms with Crippen LogP contribution in [0.2, 0.25) is 0 Å². The zero-order valence-electron chi connectivity index (χ0n) is 16.4. The van der Waals surface area contributed by atoms with Crippen LogP contribution in [0.25, 0.3) is 0 Å². The molecule has 0 saturated carbocycles. The first-order chi connectivity index (χ1) is 12.8. The van der Waals surface area contributed by atoms with Crippen LogP contribution in [0.15, 0.2) is 47.4 Å². The fourth-order valence-electron chi connectivity index (χ4n) is 2.83. The van der Waals surface area contributed by atoms with Gasteiger partial charge in [0.1, 0.15) is 0 Å². The molecular weight excluding hydrogens is 398 g/mol. The average molecular weight is 426 g/mol. The maximum atomic E-state index is 12.8. The standard InChI is InChI=1S/C20H27N3O3S.ClH/c1-4-23(5-2)27(25,26)19-14-17(9-6-15(19)3)20(24)22-13-12-16-7-10-18(21)11-8-16;/h6-11,14H,4-5,12-13,21H2,1-3H3,(H,22,24);1H. The molecule has 0 heterocycles. The minimum atomic E-state index is -3.61. The number of anilines is 1. The second-order valence-electron chi connectivity index (χ2n) is 6.32. The highest BCUT2D eigenvalue weighted by Crippen LogP contribution is 2.21. The van der Waals surface area contributed by atoms with E-state index >= 15 is 0 Å². The van der Waals surface area contributed by atoms with Gasteiger partial charge in [-0.3, -0.25) is 4.79 Å². The van der Waals surface area contributed by atoms with Crippen molar-refractivity contribution in [2.75, 3.05) is 25.4 Å². The lowest BCUT2D eigenvalue weighted by Gasteiger charge is -2.20. The molecule has 0 atom stereocenters. The molecule has 2 rings (SSSR count). The Labute approximate surface area is 173 Å². The Bertz CT molecular complexity index is 895. The number of carbonyl (C=O) groups is 1. The lowest BCUT2D eigenvalue weighted by Crippen LogP contribution is -2.31. The van der Waals surface area contributed by atoms with Crippen molar-refractivity contribution in [3.8, 4) is 0 Å². The molecule has 6 nitrogen and oxygen atoms in total. The Hall–Kier alpha value is -2.09. The third-order valence-electron chi connectivity index (χ3n) is 4.45. The quantitative estimate of drug-likeness (QED) is 0.636. The Balaban J connectivity index is 0.00000392. The van der Waals surface area contributed by atoms with Gasteiger partial charge in [0.2, 0.25) is 10.0 Å². The van der Waals surface area contributed by atoms with E-state index in [1.165, 1.54) is 10.4 Å². The van der Waals surface area contributed by atoms with Crippen molar-refractivity contribution in [2.24, 2.45) is 0 Å². The SMILES string of the molecule is CCN(CC)S(=O)(=O)c1cc(C(=O)NCCc2ccc(N)cc2)ccc1C.Cl. The van der Waals surface area contributed by atoms with Crippen LogP contribution in [0, 0.1) is 6.92 Å². The first-order valence-electron chi connectivity index (χ1n) is 9.03. The number of nitrogen functional groups attached to an aromatic ring is 1. The van der Waals surface area contributed by atoms with Crippen molar-refractivity contribution in [3.63, 3.8) is 0 Å². The first kappa shape index (κ1) is 23.9. The first-order valence-corrected chi connectivity index (χ1v) is 10.5. The molecule has 0 aliphatic carbocycles. The van der Waals surface area contributed by atoms with Gasteiger partial charge in [-0.1, -0.05) is 32.0 Å². The van der Waals surface area contributed by atoms with E-state index in [1.807, 2.05) is 24.3 Å². The summed E-state index contributed by atoms with van der Waals surface area (Å²) in [4.78, 5) is 12.6. The number of aryl methyl sites for hydroxylation is 1. The molecule has 0 saturated heterocycles. The topological polar surface area (TPSA) is 92.5 Å². The normalized spacial score (nSPS) is 11.1. The second-order valence-corrected chi connectivity index (χ2v) is 8.22. The maximum absolute atomic E-state index is 12.8. The second kappa shape index (κ2) is 10.5. The molecule has 0 spiro atoms. The van der Waals surface area contributed by atoms with E-state index < -0.39 is 10.0 Å². The van der Waals surface area contributed by atoms with E-state index in [0.717, 1.165) is 5.56 Å². The number of rotatable bonds is 8. The Morgan fingerprint density at radius 2 is 1.68 bits per heavy atom. The van der Waals surface area contributed by atoms with Crippen molar-refractivity contribution in [2.45, 2.75) is 32.1 Å². The third kappa shape index (κ3) is 5.70. The molecule has 2 aromatic carbocycles. The predicted molar refractivity (Wildman–Crippen MR) is 115 cm³/mol. The van der Waals surface area contributed by atoms with Crippen LogP contribution in [0.3, 0.4) is 0 Å². The van der Waals surface area contributed by atoms with Gasteiger partial charge >= 0.3 is 0 Å². The molecule has 0 aromatic heterocycles. The molecule has 8 heteroatoms. The van der Waals surface area contributed by atoms with Crippen LogP contribution in [-0.4, -0.2) is 38.3 Å². The molecule has 0 aliphatic heterocycles. The number of nitrogens with two attached hydrogens (primary N) is 1. The number of nitrogens with one attached hydrogen (secondary N) is 1. The smallest absolute Gasteiger partial charge is 0.251 e. The van der Waals surface area contributed by atoms with Crippen molar-refractivity contribution >= 4 is 34.0 Å². The molecule has 0 aliphatic rings. The van der Waals surface area contributed by atoms with Crippen LogP contribution < -0.4 is 11.1 Å². The number of nitrogens with zero attached hydrogens (tertiary/aromatic N) is 1. The number of sulfonamides is 1. The van der Waals surface area contributed by atoms with Gasteiger partial charge < -0.3 is 11.1 Å². The predicted octanol–water partition coefficient (Wildman–Crippen LogP) is 3.00. The van der Waals surface area contributed by atoms with Crippen molar-refractivity contribution in [1.82, 2.24) is 9.62 Å². The number of carbonyl (C=O) groups excluding carboxylic acids is 1. The summed E-state index contributed by atoms with van der Waals surface area (Å²) in [5, 5.41) is 2.84. The summed E-state index contributed by atoms with van der Waals surface area (Å²) in [7, 11) is -3.61. The van der Waals surface area contributed by atoms with Gasteiger partial charge in [-0.2, -0.15) is 4.31 Å². The van der Waals surface area contributed by atoms with Crippen molar-refractivity contribution < 1.29 is 13.2 Å². The molecule has 1 amide bonds. The number of amides is 1. The van der Waals surface area contributed by atoms with E-state index in [4.69, 9.17) is 5.73 Å². The van der Waals surface area contributed by atoms with E-state index in [1.54, 1.807) is 32.9 Å². The molecule has 2 aromatic rings. The largest absolute Gasteiger partial charge is 0.399 e. The van der Waals surface area contributed by atoms with Crippen LogP contribution in [0.5, 0.6) is 0 Å². The fraction of sp³-hybridized carbons (Fsp3) is 0.350. The van der Waals surface area contributed by atoms with Crippen LogP contribution >= 0.6 is 12.4 Å². The van der Waals surface area contributed by atoms with Crippen LogP contribution in [0.4, 0.5) is 5.69 Å². The maximum Gasteiger partial charge on any atom is 0.251 e. The van der Waals surface area contributed by atoms with Gasteiger partial charge in [0, 0.05) is 30.9 Å². The van der Waals surface area contributed by atoms with Crippen molar-refractivity contribution in [1.29, 1.82) is 0 Å². The highest BCUT2D eigenvalue weighted by molar-refractivity contribution is 7.89. The van der Waals surface area contributed by atoms with Gasteiger partial charge in [-0.05, 0) is 48.7 Å². The summed E-state index contributed by atoms with van der Waals surface area (Å²) in [6.45, 7) is 6.55. The molecule has 0 bridgehead atoms. The summed E-state index contributed by atoms with van der Waals surface area (Å²) >= 11 is 0. The lowest BCUT2D eigenvalue weighted by molar-refractivity contribution is 0.0954. The summed E-state index contributed by atoms with van der Waals surface area (Å²) in [5.74, 6) is -0.290. The van der Waals surface area contributed by atoms with E-state index in [2.05, 4.69) is 5.32 Å². The molecule has 0 radical (unpaired) electrons. The Morgan fingerprint density at radius 1 is 1.07 bits per heavy atom. The van der Waals surface area contributed by atoms with Crippen molar-refractivity contribution in [3.05, 3.63) is 59.2 Å². The average Bonchev–Trinajstić information content (AvgIpc) is 2.64. The molecule has 0 fully saturated rings. The van der Waals surface area contributed by atoms with E-state index in [0.29, 0.717) is 42.9 Å². The highest BCUT2D eigenvalue weighted by Gasteiger charge is 2.24. The van der Waals surface area contributed by atoms with Crippen LogP contribution in [-0.2, 0) is 16.4 Å². The van der Waals surface area contributed by atoms with Gasteiger partial charge in [0.25, 0.3) is 5.91 Å². The fourth-order valence-corrected chi connectivity index (χ4v) is 4.54. The number of hydrogen-bond acceptors (Lipinski definition) is 4. The summed E-state index contributed by atoms with van der Waals surface area (Å²) in [5.41, 5.74) is 8.39. The van der Waals surface area contributed by atoms with Gasteiger partial charge in [-0.15, -0.1) is 12.4 Å². The molecule has 0 unspecified atom stereocenters. The number of hydrogen-bond donors (Lipinski definition) is 2. The number of halogens is 1. The highest BCUT2D eigenvalue weighted by atomic mass is 35.5. The molecule has 3 N–H and O–H groups in total. The zero-order valence-corrected chi connectivity index (χ0v) is 18.1. The third-order valence-corrected chi connectivity index (χ3v) is 6.64. The minimum absolute atomic E-state index is 0. The van der Waals surface area contributed by atoms with E-state index in [9.17, 15) is 13.2 Å². The van der Waals surface area contributed by atoms with Gasteiger partial charge in [0.05, 0.1) is 4.90 Å². The Kier molecular flexibility index (Phi) is 8.94. The van der Waals surface area contributed by atoms with Crippen LogP contribution in [0.1, 0.15) is 35.3 Å². The van der Waals surface area contributed by atoms with Gasteiger partial charge in [-0.25, -0.2) is 8.42 Å². The summed E-state index contributed by atoms with van der Waals surface area (Å²) in [6, 6.07) is 12.3. The summed E-state index contributed by atoms with van der Waals surface area (Å²) in [6.07, 6.45) is 0.669. The Morgan fingerprint density at radius 3 is 2.25 bits per heavy atom. The minimum Gasteiger partial charge on any atom is -0.399 e. The zero-order chi connectivity index (χ0) is 20.0. The monoisotopic (exact) mass is 425 g/mol. The molecular formula is C20H28ClN3O3S. The molecule has 28 heavy (non-hydrogen) atoms.